The van der Waals surface area contributed by atoms with Crippen LogP contribution in [0.4, 0.5) is 28.9 Å². The van der Waals surface area contributed by atoms with Gasteiger partial charge in [0.1, 0.15) is 11.5 Å². The van der Waals surface area contributed by atoms with Gasteiger partial charge in [-0.05, 0) is 24.1 Å². The van der Waals surface area contributed by atoms with E-state index in [1.54, 1.807) is 24.3 Å². The first-order valence-corrected chi connectivity index (χ1v) is 9.59. The molecule has 2 aromatic heterocycles. The number of halogens is 4. The van der Waals surface area contributed by atoms with Crippen molar-refractivity contribution in [3.05, 3.63) is 59.2 Å². The smallest absolute Gasteiger partial charge is 0.355 e. The molecule has 0 spiro atoms. The fraction of sp³-hybridized carbons (Fsp3) is 0.182. The lowest BCUT2D eigenvalue weighted by Gasteiger charge is -2.25. The fourth-order valence-electron chi connectivity index (χ4n) is 4.17. The second-order valence-corrected chi connectivity index (χ2v) is 7.38. The largest absolute Gasteiger partial charge is 0.419 e. The highest BCUT2D eigenvalue weighted by Gasteiger charge is 2.39. The number of para-hydroxylation sites is 1. The number of anilines is 2. The third-order valence-electron chi connectivity index (χ3n) is 5.60. The van der Waals surface area contributed by atoms with E-state index in [1.807, 2.05) is 0 Å². The Morgan fingerprint density at radius 2 is 1.97 bits per heavy atom. The molecule has 5 nitrogen and oxygen atoms in total. The highest BCUT2D eigenvalue weighted by atomic mass is 19.4. The molecule has 3 N–H and O–H groups in total. The Bertz CT molecular complexity index is 1320. The van der Waals surface area contributed by atoms with E-state index in [9.17, 15) is 22.4 Å². The predicted molar refractivity (Wildman–Crippen MR) is 110 cm³/mol. The molecule has 1 aliphatic heterocycles. The van der Waals surface area contributed by atoms with E-state index in [0.29, 0.717) is 28.6 Å². The molecule has 0 bridgehead atoms. The van der Waals surface area contributed by atoms with Crippen LogP contribution in [0.15, 0.2) is 42.4 Å². The summed E-state index contributed by atoms with van der Waals surface area (Å²) in [5.41, 5.74) is 2.13. The number of hydrogen-bond acceptors (Lipinski definition) is 3. The zero-order valence-electron chi connectivity index (χ0n) is 16.2. The third-order valence-corrected chi connectivity index (χ3v) is 5.60. The van der Waals surface area contributed by atoms with Gasteiger partial charge in [0.15, 0.2) is 0 Å². The maximum Gasteiger partial charge on any atom is 0.419 e. The Morgan fingerprint density at radius 1 is 1.16 bits per heavy atom. The fourth-order valence-corrected chi connectivity index (χ4v) is 4.17. The van der Waals surface area contributed by atoms with Gasteiger partial charge < -0.3 is 15.6 Å². The van der Waals surface area contributed by atoms with Crippen LogP contribution in [0.2, 0.25) is 0 Å². The second-order valence-electron chi connectivity index (χ2n) is 7.38. The van der Waals surface area contributed by atoms with E-state index < -0.39 is 17.6 Å². The van der Waals surface area contributed by atoms with E-state index in [4.69, 9.17) is 0 Å². The summed E-state index contributed by atoms with van der Waals surface area (Å²) < 4.78 is 54.9. The topological polar surface area (TPSA) is 69.8 Å². The van der Waals surface area contributed by atoms with Crippen molar-refractivity contribution in [1.29, 1.82) is 0 Å². The lowest BCUT2D eigenvalue weighted by molar-refractivity contribution is -0.137. The highest BCUT2D eigenvalue weighted by molar-refractivity contribution is 6.17. The second kappa shape index (κ2) is 6.69. The number of carbonyl (C=O) groups is 1. The number of hydrogen-bond donors (Lipinski definition) is 3. The molecular weight excluding hydrogens is 412 g/mol. The summed E-state index contributed by atoms with van der Waals surface area (Å²) in [6.07, 6.45) is -0.297. The van der Waals surface area contributed by atoms with Crippen LogP contribution in [0, 0.1) is 0 Å². The van der Waals surface area contributed by atoms with Gasteiger partial charge in [-0.3, -0.25) is 4.79 Å². The molecule has 0 unspecified atom stereocenters. The van der Waals surface area contributed by atoms with Gasteiger partial charge in [-0.25, -0.2) is 9.37 Å². The van der Waals surface area contributed by atoms with Crippen LogP contribution in [-0.2, 0) is 6.18 Å². The number of fused-ring (bicyclic) bond motifs is 2. The first-order chi connectivity index (χ1) is 14.8. The number of aromatic nitrogens is 2. The molecule has 158 valence electrons. The molecule has 9 heteroatoms. The Labute approximate surface area is 173 Å². The number of aromatic amines is 1. The molecular formula is C22H16F4N4O. The van der Waals surface area contributed by atoms with Gasteiger partial charge in [-0.2, -0.15) is 13.2 Å². The van der Waals surface area contributed by atoms with E-state index in [2.05, 4.69) is 20.6 Å². The number of benzene rings is 1. The Kier molecular flexibility index (Phi) is 4.18. The number of pyridine rings is 1. The molecule has 1 aliphatic carbocycles. The van der Waals surface area contributed by atoms with E-state index in [-0.39, 0.29) is 34.8 Å². The van der Waals surface area contributed by atoms with Gasteiger partial charge in [-0.1, -0.05) is 18.2 Å². The number of H-pyrrole nitrogens is 1. The van der Waals surface area contributed by atoms with Crippen molar-refractivity contribution in [3.8, 4) is 11.1 Å². The van der Waals surface area contributed by atoms with Crippen LogP contribution < -0.4 is 10.6 Å². The Hall–Kier alpha value is -3.62. The number of alkyl halides is 3. The number of amides is 1. The normalized spacial score (nSPS) is 15.1. The molecule has 1 aromatic carbocycles. The minimum Gasteiger partial charge on any atom is -0.355 e. The Morgan fingerprint density at radius 3 is 2.65 bits per heavy atom. The van der Waals surface area contributed by atoms with Crippen molar-refractivity contribution < 1.29 is 22.4 Å². The number of nitrogens with zero attached hydrogens (tertiary/aromatic N) is 1. The van der Waals surface area contributed by atoms with E-state index in [0.717, 1.165) is 11.8 Å². The number of allylic oxidation sites excluding steroid dienone is 4. The number of nitrogens with one attached hydrogen (secondary N) is 3. The first-order valence-electron chi connectivity index (χ1n) is 9.59. The van der Waals surface area contributed by atoms with Crippen molar-refractivity contribution >= 4 is 33.9 Å². The third kappa shape index (κ3) is 2.91. The Balaban J connectivity index is 1.88. The van der Waals surface area contributed by atoms with Crippen molar-refractivity contribution in [2.24, 2.45) is 0 Å². The summed E-state index contributed by atoms with van der Waals surface area (Å²) in [7, 11) is 1.46. The molecule has 3 aromatic rings. The van der Waals surface area contributed by atoms with Crippen LogP contribution in [0.5, 0.6) is 0 Å². The van der Waals surface area contributed by atoms with Crippen LogP contribution in [0.25, 0.3) is 27.7 Å². The zero-order valence-corrected chi connectivity index (χ0v) is 16.2. The van der Waals surface area contributed by atoms with Crippen molar-refractivity contribution in [2.45, 2.75) is 19.0 Å². The van der Waals surface area contributed by atoms with Crippen molar-refractivity contribution in [1.82, 2.24) is 15.3 Å². The summed E-state index contributed by atoms with van der Waals surface area (Å²) in [6, 6.07) is 4.96. The summed E-state index contributed by atoms with van der Waals surface area (Å²) in [5.74, 6) is -0.679. The van der Waals surface area contributed by atoms with Gasteiger partial charge in [0.25, 0.3) is 5.91 Å². The molecule has 3 heterocycles. The van der Waals surface area contributed by atoms with Crippen LogP contribution in [-0.4, -0.2) is 22.9 Å². The van der Waals surface area contributed by atoms with Crippen LogP contribution >= 0.6 is 0 Å². The quantitative estimate of drug-likeness (QED) is 0.359. The van der Waals surface area contributed by atoms with Gasteiger partial charge in [0.2, 0.25) is 0 Å². The monoisotopic (exact) mass is 428 g/mol. The maximum absolute atomic E-state index is 13.8. The maximum atomic E-state index is 13.8. The zero-order chi connectivity index (χ0) is 21.9. The molecule has 0 saturated carbocycles. The van der Waals surface area contributed by atoms with Gasteiger partial charge in [0.05, 0.1) is 33.6 Å². The number of carbonyl (C=O) groups excluding carboxylic acids is 1. The van der Waals surface area contributed by atoms with Crippen LogP contribution in [0.1, 0.15) is 34.5 Å². The lowest BCUT2D eigenvalue weighted by atomic mass is 9.89. The molecule has 0 radical (unpaired) electrons. The molecule has 2 aliphatic rings. The molecule has 1 amide bonds. The van der Waals surface area contributed by atoms with Crippen molar-refractivity contribution in [3.63, 3.8) is 0 Å². The van der Waals surface area contributed by atoms with Gasteiger partial charge >= 0.3 is 6.18 Å². The predicted octanol–water partition coefficient (Wildman–Crippen LogP) is 5.70. The van der Waals surface area contributed by atoms with E-state index in [1.165, 1.54) is 13.1 Å². The minimum atomic E-state index is -4.65. The highest BCUT2D eigenvalue weighted by Crippen LogP contribution is 2.52. The summed E-state index contributed by atoms with van der Waals surface area (Å²) in [6.45, 7) is 0. The van der Waals surface area contributed by atoms with Gasteiger partial charge in [-0.15, -0.1) is 0 Å². The average molecular weight is 428 g/mol. The molecule has 0 saturated heterocycles. The first kappa shape index (κ1) is 19.3. The standard InChI is InChI=1S/C22H16F4N4O/c1-27-21(31)13-4-2-3-12-15-16-19(29-18(12)13)14(22(24,25)26)9-28-20(16)30-17(15)10-5-7-11(23)8-6-10/h2-5,7,9,29H,6,8H2,1H3,(H,27,31)(H,28,30). The lowest BCUT2D eigenvalue weighted by Crippen LogP contribution is -2.21. The number of rotatable bonds is 2. The van der Waals surface area contributed by atoms with Crippen molar-refractivity contribution in [2.75, 3.05) is 12.4 Å². The summed E-state index contributed by atoms with van der Waals surface area (Å²) in [5, 5.41) is 5.67. The van der Waals surface area contributed by atoms with Crippen LogP contribution in [0.3, 0.4) is 0 Å². The average Bonchev–Trinajstić information content (AvgIpc) is 3.14. The molecule has 0 fully saturated rings. The summed E-state index contributed by atoms with van der Waals surface area (Å²) in [4.78, 5) is 19.6. The minimum absolute atomic E-state index is 0.156. The van der Waals surface area contributed by atoms with E-state index >= 15 is 0 Å². The molecule has 31 heavy (non-hydrogen) atoms. The molecule has 5 rings (SSSR count). The van der Waals surface area contributed by atoms with Gasteiger partial charge in [0, 0.05) is 30.8 Å². The SMILES string of the molecule is CNC(=O)c1cccc2c1Nc1c(C(F)(F)F)cnc3[nH]c(C4=CC=C(F)CC4)c-2c13. The summed E-state index contributed by atoms with van der Waals surface area (Å²) >= 11 is 0. The molecule has 0 atom stereocenters.